The van der Waals surface area contributed by atoms with E-state index in [4.69, 9.17) is 10.5 Å². The van der Waals surface area contributed by atoms with Crippen LogP contribution in [-0.4, -0.2) is 11.1 Å². The number of nitrogens with two attached hydrogens (primary N) is 1. The average Bonchev–Trinajstić information content (AvgIpc) is 2.65. The lowest BCUT2D eigenvalue weighted by molar-refractivity contribution is 0.0724. The van der Waals surface area contributed by atoms with E-state index >= 15 is 0 Å². The van der Waals surface area contributed by atoms with E-state index in [0.717, 1.165) is 5.56 Å². The van der Waals surface area contributed by atoms with Gasteiger partial charge in [-0.05, 0) is 24.6 Å². The minimum atomic E-state index is -0.592. The van der Waals surface area contributed by atoms with Crippen LogP contribution in [-0.2, 0) is 0 Å². The van der Waals surface area contributed by atoms with Crippen LogP contribution in [0.3, 0.4) is 0 Å². The van der Waals surface area contributed by atoms with Gasteiger partial charge in [-0.1, -0.05) is 17.3 Å². The summed E-state index contributed by atoms with van der Waals surface area (Å²) in [6.07, 6.45) is 0. The highest BCUT2D eigenvalue weighted by molar-refractivity contribution is 5.89. The summed E-state index contributed by atoms with van der Waals surface area (Å²) in [5, 5.41) is 3.46. The van der Waals surface area contributed by atoms with E-state index in [0.29, 0.717) is 5.75 Å². The zero-order valence-corrected chi connectivity index (χ0v) is 8.64. The number of aryl methyl sites for hydroxylation is 1. The highest BCUT2D eigenvalue weighted by Crippen LogP contribution is 2.14. The Hall–Kier alpha value is -2.30. The number of nitrogens with zero attached hydrogens (tertiary/aromatic N) is 1. The molecule has 1 aromatic carbocycles. The van der Waals surface area contributed by atoms with Crippen LogP contribution in [0.2, 0.25) is 0 Å². The standard InChI is InChI=1S/C11H10N2O3/c1-7-3-2-4-8(5-7)15-11(14)9-6-10(12)16-13-9/h2-6H,12H2,1H3. The number of hydrogen-bond acceptors (Lipinski definition) is 5. The Kier molecular flexibility index (Phi) is 2.59. The van der Waals surface area contributed by atoms with Gasteiger partial charge in [-0.25, -0.2) is 4.79 Å². The predicted octanol–water partition coefficient (Wildman–Crippen LogP) is 1.78. The quantitative estimate of drug-likeness (QED) is 0.614. The monoisotopic (exact) mass is 218 g/mol. The van der Waals surface area contributed by atoms with Gasteiger partial charge in [-0.2, -0.15) is 0 Å². The van der Waals surface area contributed by atoms with Crippen molar-refractivity contribution in [1.82, 2.24) is 5.16 Å². The summed E-state index contributed by atoms with van der Waals surface area (Å²) < 4.78 is 9.65. The molecular weight excluding hydrogens is 208 g/mol. The minimum absolute atomic E-state index is 0.0546. The van der Waals surface area contributed by atoms with Gasteiger partial charge in [0.25, 0.3) is 0 Å². The first-order chi connectivity index (χ1) is 7.65. The summed E-state index contributed by atoms with van der Waals surface area (Å²) in [5.41, 5.74) is 6.36. The first-order valence-corrected chi connectivity index (χ1v) is 4.66. The molecule has 0 saturated carbocycles. The molecule has 0 spiro atoms. The van der Waals surface area contributed by atoms with Crippen molar-refractivity contribution in [2.45, 2.75) is 6.92 Å². The van der Waals surface area contributed by atoms with Crippen LogP contribution in [0.1, 0.15) is 16.1 Å². The number of aromatic nitrogens is 1. The maximum atomic E-state index is 11.5. The fourth-order valence-corrected chi connectivity index (χ4v) is 1.22. The molecule has 1 aromatic heterocycles. The number of rotatable bonds is 2. The molecule has 1 heterocycles. The number of nitrogen functional groups attached to an aromatic ring is 1. The third kappa shape index (κ3) is 2.20. The summed E-state index contributed by atoms with van der Waals surface area (Å²) in [6.45, 7) is 1.91. The molecule has 82 valence electrons. The van der Waals surface area contributed by atoms with Gasteiger partial charge in [0.1, 0.15) is 5.75 Å². The van der Waals surface area contributed by atoms with Gasteiger partial charge in [0.05, 0.1) is 0 Å². The Balaban J connectivity index is 2.13. The van der Waals surface area contributed by atoms with E-state index < -0.39 is 5.97 Å². The third-order valence-electron chi connectivity index (χ3n) is 1.94. The number of carbonyl (C=O) groups excluding carboxylic acids is 1. The number of anilines is 1. The van der Waals surface area contributed by atoms with E-state index in [2.05, 4.69) is 9.68 Å². The first-order valence-electron chi connectivity index (χ1n) is 4.66. The van der Waals surface area contributed by atoms with Crippen LogP contribution in [0, 0.1) is 6.92 Å². The molecule has 2 rings (SSSR count). The van der Waals surface area contributed by atoms with Crippen molar-refractivity contribution >= 4 is 11.9 Å². The second kappa shape index (κ2) is 4.06. The van der Waals surface area contributed by atoms with E-state index in [9.17, 15) is 4.79 Å². The molecule has 0 unspecified atom stereocenters. The lowest BCUT2D eigenvalue weighted by atomic mass is 10.2. The molecule has 0 radical (unpaired) electrons. The largest absolute Gasteiger partial charge is 0.422 e. The highest BCUT2D eigenvalue weighted by atomic mass is 16.5. The summed E-state index contributed by atoms with van der Waals surface area (Å²) in [4.78, 5) is 11.5. The number of esters is 1. The van der Waals surface area contributed by atoms with Crippen LogP contribution in [0.15, 0.2) is 34.9 Å². The molecule has 0 bridgehead atoms. The van der Waals surface area contributed by atoms with Gasteiger partial charge >= 0.3 is 5.97 Å². The van der Waals surface area contributed by atoms with Crippen LogP contribution in [0.5, 0.6) is 5.75 Å². The number of benzene rings is 1. The van der Waals surface area contributed by atoms with E-state index in [-0.39, 0.29) is 11.6 Å². The van der Waals surface area contributed by atoms with E-state index in [1.165, 1.54) is 6.07 Å². The number of ether oxygens (including phenoxy) is 1. The lowest BCUT2D eigenvalue weighted by Crippen LogP contribution is -2.08. The highest BCUT2D eigenvalue weighted by Gasteiger charge is 2.13. The molecule has 0 fully saturated rings. The summed E-state index contributed by atoms with van der Waals surface area (Å²) in [5.74, 6) is -0.0474. The zero-order chi connectivity index (χ0) is 11.5. The molecular formula is C11H10N2O3. The normalized spacial score (nSPS) is 10.1. The zero-order valence-electron chi connectivity index (χ0n) is 8.64. The van der Waals surface area contributed by atoms with Crippen molar-refractivity contribution in [2.24, 2.45) is 0 Å². The molecule has 0 aliphatic carbocycles. The Morgan fingerprint density at radius 2 is 2.25 bits per heavy atom. The number of hydrogen-bond donors (Lipinski definition) is 1. The van der Waals surface area contributed by atoms with Crippen LogP contribution in [0.25, 0.3) is 0 Å². The Morgan fingerprint density at radius 3 is 2.88 bits per heavy atom. The molecule has 5 heteroatoms. The third-order valence-corrected chi connectivity index (χ3v) is 1.94. The second-order valence-electron chi connectivity index (χ2n) is 3.32. The second-order valence-corrected chi connectivity index (χ2v) is 3.32. The summed E-state index contributed by atoms with van der Waals surface area (Å²) in [7, 11) is 0. The molecule has 16 heavy (non-hydrogen) atoms. The fraction of sp³-hybridized carbons (Fsp3) is 0.0909. The van der Waals surface area contributed by atoms with Crippen molar-refractivity contribution in [2.75, 3.05) is 5.73 Å². The molecule has 0 aliphatic heterocycles. The number of carbonyl (C=O) groups is 1. The average molecular weight is 218 g/mol. The van der Waals surface area contributed by atoms with Gasteiger partial charge in [0.2, 0.25) is 5.88 Å². The van der Waals surface area contributed by atoms with Gasteiger partial charge in [-0.3, -0.25) is 0 Å². The van der Waals surface area contributed by atoms with Crippen LogP contribution < -0.4 is 10.5 Å². The molecule has 0 atom stereocenters. The van der Waals surface area contributed by atoms with Gasteiger partial charge in [-0.15, -0.1) is 0 Å². The molecule has 0 aliphatic rings. The van der Waals surface area contributed by atoms with Crippen molar-refractivity contribution < 1.29 is 14.1 Å². The molecule has 5 nitrogen and oxygen atoms in total. The van der Waals surface area contributed by atoms with Crippen LogP contribution in [0.4, 0.5) is 5.88 Å². The lowest BCUT2D eigenvalue weighted by Gasteiger charge is -2.01. The fourth-order valence-electron chi connectivity index (χ4n) is 1.22. The molecule has 0 amide bonds. The minimum Gasteiger partial charge on any atom is -0.422 e. The van der Waals surface area contributed by atoms with Crippen LogP contribution >= 0.6 is 0 Å². The molecule has 2 N–H and O–H groups in total. The predicted molar refractivity (Wildman–Crippen MR) is 57.1 cm³/mol. The maximum absolute atomic E-state index is 11.5. The Labute approximate surface area is 91.8 Å². The smallest absolute Gasteiger partial charge is 0.366 e. The summed E-state index contributed by atoms with van der Waals surface area (Å²) in [6, 6.07) is 8.47. The first kappa shape index (κ1) is 10.2. The van der Waals surface area contributed by atoms with Crippen molar-refractivity contribution in [3.8, 4) is 5.75 Å². The molecule has 0 saturated heterocycles. The Morgan fingerprint density at radius 1 is 1.44 bits per heavy atom. The van der Waals surface area contributed by atoms with Gasteiger partial charge in [0.15, 0.2) is 5.69 Å². The van der Waals surface area contributed by atoms with E-state index in [1.54, 1.807) is 18.2 Å². The van der Waals surface area contributed by atoms with Crippen molar-refractivity contribution in [3.63, 3.8) is 0 Å². The maximum Gasteiger partial charge on any atom is 0.366 e. The van der Waals surface area contributed by atoms with E-state index in [1.807, 2.05) is 13.0 Å². The Bertz CT molecular complexity index is 519. The molecule has 2 aromatic rings. The van der Waals surface area contributed by atoms with Gasteiger partial charge in [0, 0.05) is 6.07 Å². The topological polar surface area (TPSA) is 78.4 Å². The van der Waals surface area contributed by atoms with Crippen molar-refractivity contribution in [3.05, 3.63) is 41.6 Å². The van der Waals surface area contributed by atoms with Gasteiger partial charge < -0.3 is 15.0 Å². The summed E-state index contributed by atoms with van der Waals surface area (Å²) >= 11 is 0. The SMILES string of the molecule is Cc1cccc(OC(=O)c2cc(N)on2)c1. The van der Waals surface area contributed by atoms with Crippen molar-refractivity contribution in [1.29, 1.82) is 0 Å².